The molecule has 1 aliphatic rings. The van der Waals surface area contributed by atoms with Gasteiger partial charge in [0.1, 0.15) is 17.2 Å². The van der Waals surface area contributed by atoms with Crippen LogP contribution in [0, 0.1) is 5.92 Å². The molecule has 1 atom stereocenters. The van der Waals surface area contributed by atoms with Gasteiger partial charge in [-0.2, -0.15) is 0 Å². The van der Waals surface area contributed by atoms with E-state index < -0.39 is 6.10 Å². The van der Waals surface area contributed by atoms with E-state index in [2.05, 4.69) is 0 Å². The average molecular weight is 354 g/mol. The SMILES string of the molecule is CCOC(=O)C(Oc1ccc(Oc2ccccc2)cc1)C1CCCCC1. The summed E-state index contributed by atoms with van der Waals surface area (Å²) in [4.78, 5) is 12.4. The highest BCUT2D eigenvalue weighted by molar-refractivity contribution is 5.75. The van der Waals surface area contributed by atoms with E-state index in [9.17, 15) is 4.79 Å². The van der Waals surface area contributed by atoms with Gasteiger partial charge in [0, 0.05) is 5.92 Å². The molecular weight excluding hydrogens is 328 g/mol. The Morgan fingerprint density at radius 2 is 1.54 bits per heavy atom. The lowest BCUT2D eigenvalue weighted by atomic mass is 9.85. The van der Waals surface area contributed by atoms with Gasteiger partial charge >= 0.3 is 5.97 Å². The predicted molar refractivity (Wildman–Crippen MR) is 101 cm³/mol. The summed E-state index contributed by atoms with van der Waals surface area (Å²) in [5, 5.41) is 0. The zero-order valence-electron chi connectivity index (χ0n) is 15.2. The molecule has 0 bridgehead atoms. The lowest BCUT2D eigenvalue weighted by Gasteiger charge is -2.29. The van der Waals surface area contributed by atoms with Gasteiger partial charge in [0.05, 0.1) is 6.61 Å². The van der Waals surface area contributed by atoms with Gasteiger partial charge in [-0.3, -0.25) is 0 Å². The van der Waals surface area contributed by atoms with Crippen molar-refractivity contribution in [1.82, 2.24) is 0 Å². The van der Waals surface area contributed by atoms with Crippen LogP contribution in [0.15, 0.2) is 54.6 Å². The fourth-order valence-corrected chi connectivity index (χ4v) is 3.36. The van der Waals surface area contributed by atoms with E-state index in [0.29, 0.717) is 12.4 Å². The van der Waals surface area contributed by atoms with Crippen LogP contribution in [0.25, 0.3) is 0 Å². The molecule has 138 valence electrons. The molecule has 4 heteroatoms. The number of rotatable bonds is 7. The Morgan fingerprint density at radius 3 is 2.19 bits per heavy atom. The van der Waals surface area contributed by atoms with E-state index in [4.69, 9.17) is 14.2 Å². The van der Waals surface area contributed by atoms with Crippen LogP contribution in [0.2, 0.25) is 0 Å². The fourth-order valence-electron chi connectivity index (χ4n) is 3.36. The number of esters is 1. The maximum Gasteiger partial charge on any atom is 0.347 e. The Bertz CT molecular complexity index is 675. The molecule has 2 aromatic rings. The van der Waals surface area contributed by atoms with E-state index in [1.54, 1.807) is 0 Å². The Hall–Kier alpha value is -2.49. The quantitative estimate of drug-likeness (QED) is 0.627. The Balaban J connectivity index is 1.66. The lowest BCUT2D eigenvalue weighted by molar-refractivity contribution is -0.154. The molecule has 1 aliphatic carbocycles. The largest absolute Gasteiger partial charge is 0.478 e. The zero-order chi connectivity index (χ0) is 18.2. The van der Waals surface area contributed by atoms with Gasteiger partial charge in [0.15, 0.2) is 6.10 Å². The molecule has 1 unspecified atom stereocenters. The summed E-state index contributed by atoms with van der Waals surface area (Å²) in [6.07, 6.45) is 5.02. The van der Waals surface area contributed by atoms with Crippen molar-refractivity contribution in [3.63, 3.8) is 0 Å². The van der Waals surface area contributed by atoms with Crippen molar-refractivity contribution in [3.8, 4) is 17.2 Å². The third-order valence-corrected chi connectivity index (χ3v) is 4.66. The fraction of sp³-hybridized carbons (Fsp3) is 0.409. The van der Waals surface area contributed by atoms with Gasteiger partial charge in [-0.05, 0) is 56.2 Å². The molecule has 26 heavy (non-hydrogen) atoms. The number of carbonyl (C=O) groups excluding carboxylic acids is 1. The molecule has 0 spiro atoms. The highest BCUT2D eigenvalue weighted by Gasteiger charge is 2.32. The van der Waals surface area contributed by atoms with Crippen LogP contribution in [0.3, 0.4) is 0 Å². The summed E-state index contributed by atoms with van der Waals surface area (Å²) >= 11 is 0. The summed E-state index contributed by atoms with van der Waals surface area (Å²) in [7, 11) is 0. The van der Waals surface area contributed by atoms with Crippen molar-refractivity contribution >= 4 is 5.97 Å². The second kappa shape index (κ2) is 9.27. The normalized spacial score (nSPS) is 15.9. The molecule has 3 rings (SSSR count). The first kappa shape index (κ1) is 18.3. The third kappa shape index (κ3) is 5.01. The topological polar surface area (TPSA) is 44.8 Å². The van der Waals surface area contributed by atoms with Crippen molar-refractivity contribution in [2.45, 2.75) is 45.1 Å². The van der Waals surface area contributed by atoms with E-state index in [-0.39, 0.29) is 11.9 Å². The minimum Gasteiger partial charge on any atom is -0.478 e. The maximum atomic E-state index is 12.4. The van der Waals surface area contributed by atoms with Crippen LogP contribution < -0.4 is 9.47 Å². The minimum atomic E-state index is -0.531. The van der Waals surface area contributed by atoms with E-state index in [1.807, 2.05) is 61.5 Å². The number of hydrogen-bond acceptors (Lipinski definition) is 4. The summed E-state index contributed by atoms with van der Waals surface area (Å²) in [6, 6.07) is 17.0. The maximum absolute atomic E-state index is 12.4. The lowest BCUT2D eigenvalue weighted by Crippen LogP contribution is -2.37. The van der Waals surface area contributed by atoms with Gasteiger partial charge in [-0.1, -0.05) is 37.5 Å². The number of carbonyl (C=O) groups is 1. The van der Waals surface area contributed by atoms with Crippen LogP contribution in [-0.4, -0.2) is 18.7 Å². The molecule has 0 heterocycles. The standard InChI is InChI=1S/C22H26O4/c1-2-24-22(23)21(17-9-5-3-6-10-17)26-20-15-13-19(14-16-20)25-18-11-7-4-8-12-18/h4,7-8,11-17,21H,2-3,5-6,9-10H2,1H3. The second-order valence-electron chi connectivity index (χ2n) is 6.58. The Morgan fingerprint density at radius 1 is 0.923 bits per heavy atom. The summed E-state index contributed by atoms with van der Waals surface area (Å²) in [5.41, 5.74) is 0. The molecule has 4 nitrogen and oxygen atoms in total. The molecule has 0 amide bonds. The first-order valence-corrected chi connectivity index (χ1v) is 9.42. The van der Waals surface area contributed by atoms with Crippen LogP contribution in [0.5, 0.6) is 17.2 Å². The van der Waals surface area contributed by atoms with Crippen LogP contribution >= 0.6 is 0 Å². The molecule has 0 N–H and O–H groups in total. The first-order valence-electron chi connectivity index (χ1n) is 9.42. The molecule has 0 aliphatic heterocycles. The monoisotopic (exact) mass is 354 g/mol. The van der Waals surface area contributed by atoms with Crippen molar-refractivity contribution in [2.75, 3.05) is 6.61 Å². The molecule has 0 aromatic heterocycles. The van der Waals surface area contributed by atoms with Gasteiger partial charge in [-0.15, -0.1) is 0 Å². The van der Waals surface area contributed by atoms with E-state index >= 15 is 0 Å². The minimum absolute atomic E-state index is 0.225. The van der Waals surface area contributed by atoms with Gasteiger partial charge in [0.2, 0.25) is 0 Å². The summed E-state index contributed by atoms with van der Waals surface area (Å²) < 4.78 is 17.1. The highest BCUT2D eigenvalue weighted by atomic mass is 16.6. The van der Waals surface area contributed by atoms with Gasteiger partial charge < -0.3 is 14.2 Å². The van der Waals surface area contributed by atoms with Crippen molar-refractivity contribution in [1.29, 1.82) is 0 Å². The molecule has 0 radical (unpaired) electrons. The molecular formula is C22H26O4. The third-order valence-electron chi connectivity index (χ3n) is 4.66. The molecule has 1 saturated carbocycles. The van der Waals surface area contributed by atoms with Gasteiger partial charge in [0.25, 0.3) is 0 Å². The Kier molecular flexibility index (Phi) is 6.53. The number of ether oxygens (including phenoxy) is 3. The zero-order valence-corrected chi connectivity index (χ0v) is 15.2. The number of para-hydroxylation sites is 1. The van der Waals surface area contributed by atoms with Crippen molar-refractivity contribution in [2.24, 2.45) is 5.92 Å². The van der Waals surface area contributed by atoms with Crippen LogP contribution in [0.1, 0.15) is 39.0 Å². The first-order chi connectivity index (χ1) is 12.8. The van der Waals surface area contributed by atoms with E-state index in [1.165, 1.54) is 6.42 Å². The van der Waals surface area contributed by atoms with Crippen LogP contribution in [-0.2, 0) is 9.53 Å². The second-order valence-corrected chi connectivity index (χ2v) is 6.58. The highest BCUT2D eigenvalue weighted by Crippen LogP contribution is 2.31. The smallest absolute Gasteiger partial charge is 0.347 e. The van der Waals surface area contributed by atoms with Crippen LogP contribution in [0.4, 0.5) is 0 Å². The summed E-state index contributed by atoms with van der Waals surface area (Å²) in [5.74, 6) is 2.14. The number of hydrogen-bond donors (Lipinski definition) is 0. The number of benzene rings is 2. The molecule has 2 aromatic carbocycles. The predicted octanol–water partition coefficient (Wildman–Crippen LogP) is 5.37. The Labute approximate surface area is 155 Å². The van der Waals surface area contributed by atoms with E-state index in [0.717, 1.165) is 37.2 Å². The molecule has 1 fully saturated rings. The van der Waals surface area contributed by atoms with Crippen molar-refractivity contribution in [3.05, 3.63) is 54.6 Å². The molecule has 0 saturated heterocycles. The summed E-state index contributed by atoms with van der Waals surface area (Å²) in [6.45, 7) is 2.20. The average Bonchev–Trinajstić information content (AvgIpc) is 2.69. The van der Waals surface area contributed by atoms with Gasteiger partial charge in [-0.25, -0.2) is 4.79 Å². The van der Waals surface area contributed by atoms with Crippen molar-refractivity contribution < 1.29 is 19.0 Å².